The Morgan fingerprint density at radius 3 is 2.17 bits per heavy atom. The standard InChI is InChI=1S/C20H14F2N2/c1-12-23-17-11-16(21)18(19(22)20(17)24-12)15-9-7-14(8-10-15)13-5-3-2-4-6-13/h2-11H,1H3,(H,23,24). The van der Waals surface area contributed by atoms with Crippen LogP contribution in [0.25, 0.3) is 33.3 Å². The molecule has 0 amide bonds. The molecule has 0 spiro atoms. The van der Waals surface area contributed by atoms with Gasteiger partial charge in [-0.15, -0.1) is 0 Å². The third kappa shape index (κ3) is 2.36. The molecule has 0 saturated carbocycles. The lowest BCUT2D eigenvalue weighted by molar-refractivity contribution is 0.597. The molecule has 0 radical (unpaired) electrons. The first kappa shape index (κ1) is 14.6. The fraction of sp³-hybridized carbons (Fsp3) is 0.0500. The number of hydrogen-bond acceptors (Lipinski definition) is 1. The first-order valence-corrected chi connectivity index (χ1v) is 7.63. The molecule has 24 heavy (non-hydrogen) atoms. The van der Waals surface area contributed by atoms with Crippen LogP contribution in [0.4, 0.5) is 8.78 Å². The lowest BCUT2D eigenvalue weighted by Crippen LogP contribution is -1.92. The van der Waals surface area contributed by atoms with E-state index in [0.717, 1.165) is 11.1 Å². The van der Waals surface area contributed by atoms with E-state index in [2.05, 4.69) is 9.97 Å². The zero-order chi connectivity index (χ0) is 16.7. The van der Waals surface area contributed by atoms with Crippen LogP contribution in [0.3, 0.4) is 0 Å². The highest BCUT2D eigenvalue weighted by atomic mass is 19.1. The lowest BCUT2D eigenvalue weighted by atomic mass is 9.99. The molecule has 0 bridgehead atoms. The summed E-state index contributed by atoms with van der Waals surface area (Å²) >= 11 is 0. The molecule has 1 heterocycles. The maximum Gasteiger partial charge on any atom is 0.161 e. The van der Waals surface area contributed by atoms with E-state index in [0.29, 0.717) is 16.9 Å². The van der Waals surface area contributed by atoms with Crippen molar-refractivity contribution in [1.82, 2.24) is 9.97 Å². The third-order valence-corrected chi connectivity index (χ3v) is 4.07. The van der Waals surface area contributed by atoms with E-state index in [1.807, 2.05) is 42.5 Å². The summed E-state index contributed by atoms with van der Waals surface area (Å²) in [5.41, 5.74) is 3.03. The molecular weight excluding hydrogens is 306 g/mol. The van der Waals surface area contributed by atoms with Crippen molar-refractivity contribution < 1.29 is 8.78 Å². The molecule has 0 aliphatic heterocycles. The fourth-order valence-electron chi connectivity index (χ4n) is 2.93. The quantitative estimate of drug-likeness (QED) is 0.520. The minimum Gasteiger partial charge on any atom is -0.342 e. The molecule has 0 saturated heterocycles. The highest BCUT2D eigenvalue weighted by molar-refractivity contribution is 5.84. The van der Waals surface area contributed by atoms with Crippen molar-refractivity contribution >= 4 is 11.0 Å². The molecule has 0 atom stereocenters. The van der Waals surface area contributed by atoms with Crippen LogP contribution in [0, 0.1) is 18.6 Å². The van der Waals surface area contributed by atoms with Gasteiger partial charge in [0.05, 0.1) is 11.1 Å². The van der Waals surface area contributed by atoms with Gasteiger partial charge in [0.1, 0.15) is 17.2 Å². The summed E-state index contributed by atoms with van der Waals surface area (Å²) < 4.78 is 29.1. The van der Waals surface area contributed by atoms with Gasteiger partial charge < -0.3 is 4.98 Å². The largest absolute Gasteiger partial charge is 0.342 e. The number of hydrogen-bond donors (Lipinski definition) is 1. The molecule has 1 aromatic heterocycles. The topological polar surface area (TPSA) is 28.7 Å². The van der Waals surface area contributed by atoms with E-state index in [4.69, 9.17) is 0 Å². The summed E-state index contributed by atoms with van der Waals surface area (Å²) in [6, 6.07) is 18.3. The minimum absolute atomic E-state index is 0.0476. The highest BCUT2D eigenvalue weighted by Gasteiger charge is 2.18. The number of imidazole rings is 1. The van der Waals surface area contributed by atoms with Crippen molar-refractivity contribution in [3.63, 3.8) is 0 Å². The Hall–Kier alpha value is -3.01. The van der Waals surface area contributed by atoms with Crippen LogP contribution < -0.4 is 0 Å². The molecule has 118 valence electrons. The van der Waals surface area contributed by atoms with Gasteiger partial charge in [-0.05, 0) is 23.6 Å². The predicted molar refractivity (Wildman–Crippen MR) is 91.6 cm³/mol. The number of aromatic nitrogens is 2. The van der Waals surface area contributed by atoms with E-state index >= 15 is 0 Å². The summed E-state index contributed by atoms with van der Waals surface area (Å²) in [7, 11) is 0. The first-order chi connectivity index (χ1) is 11.6. The Balaban J connectivity index is 1.83. The molecule has 4 aromatic rings. The monoisotopic (exact) mass is 320 g/mol. The van der Waals surface area contributed by atoms with E-state index in [9.17, 15) is 8.78 Å². The number of nitrogens with one attached hydrogen (secondary N) is 1. The number of aryl methyl sites for hydroxylation is 1. The number of rotatable bonds is 2. The van der Waals surface area contributed by atoms with Gasteiger partial charge in [0.15, 0.2) is 5.82 Å². The second-order valence-electron chi connectivity index (χ2n) is 5.71. The summed E-state index contributed by atoms with van der Waals surface area (Å²) in [6.07, 6.45) is 0. The molecule has 0 aliphatic rings. The Bertz CT molecular complexity index is 1020. The summed E-state index contributed by atoms with van der Waals surface area (Å²) in [6.45, 7) is 1.71. The van der Waals surface area contributed by atoms with E-state index in [1.54, 1.807) is 19.1 Å². The average Bonchev–Trinajstić information content (AvgIpc) is 2.97. The molecule has 2 nitrogen and oxygen atoms in total. The second kappa shape index (κ2) is 5.57. The van der Waals surface area contributed by atoms with Crippen molar-refractivity contribution in [3.8, 4) is 22.3 Å². The fourth-order valence-corrected chi connectivity index (χ4v) is 2.93. The Morgan fingerprint density at radius 1 is 0.833 bits per heavy atom. The van der Waals surface area contributed by atoms with Gasteiger partial charge in [-0.3, -0.25) is 0 Å². The van der Waals surface area contributed by atoms with Crippen LogP contribution in [-0.4, -0.2) is 9.97 Å². The molecule has 1 N–H and O–H groups in total. The normalized spacial score (nSPS) is 11.1. The molecule has 0 unspecified atom stereocenters. The van der Waals surface area contributed by atoms with Crippen LogP contribution in [0.15, 0.2) is 60.7 Å². The van der Waals surface area contributed by atoms with E-state index in [1.165, 1.54) is 6.07 Å². The molecule has 0 aliphatic carbocycles. The summed E-state index contributed by atoms with van der Waals surface area (Å²) in [5, 5.41) is 0. The predicted octanol–water partition coefficient (Wildman–Crippen LogP) is 5.48. The van der Waals surface area contributed by atoms with Crippen LogP contribution in [0.1, 0.15) is 5.82 Å². The minimum atomic E-state index is -0.637. The van der Waals surface area contributed by atoms with Crippen LogP contribution in [0.2, 0.25) is 0 Å². The van der Waals surface area contributed by atoms with Crippen LogP contribution >= 0.6 is 0 Å². The van der Waals surface area contributed by atoms with Gasteiger partial charge in [-0.2, -0.15) is 0 Å². The number of fused-ring (bicyclic) bond motifs is 1. The Morgan fingerprint density at radius 2 is 1.46 bits per heavy atom. The SMILES string of the molecule is Cc1nc2c(F)c(-c3ccc(-c4ccccc4)cc3)c(F)cc2[nH]1. The maximum atomic E-state index is 14.7. The number of benzene rings is 3. The molecule has 4 rings (SSSR count). The molecular formula is C20H14F2N2. The van der Waals surface area contributed by atoms with E-state index in [-0.39, 0.29) is 11.1 Å². The number of H-pyrrole nitrogens is 1. The lowest BCUT2D eigenvalue weighted by Gasteiger charge is -2.08. The molecule has 0 fully saturated rings. The van der Waals surface area contributed by atoms with Gasteiger partial charge in [0, 0.05) is 6.07 Å². The van der Waals surface area contributed by atoms with Gasteiger partial charge in [0.2, 0.25) is 0 Å². The van der Waals surface area contributed by atoms with Gasteiger partial charge in [-0.1, -0.05) is 54.6 Å². The molecule has 3 aromatic carbocycles. The number of aromatic amines is 1. The average molecular weight is 320 g/mol. The third-order valence-electron chi connectivity index (χ3n) is 4.07. The van der Waals surface area contributed by atoms with Crippen molar-refractivity contribution in [2.24, 2.45) is 0 Å². The zero-order valence-electron chi connectivity index (χ0n) is 13.0. The van der Waals surface area contributed by atoms with Crippen molar-refractivity contribution in [3.05, 3.63) is 78.1 Å². The molecule has 4 heteroatoms. The zero-order valence-corrected chi connectivity index (χ0v) is 13.0. The van der Waals surface area contributed by atoms with Gasteiger partial charge in [-0.25, -0.2) is 13.8 Å². The van der Waals surface area contributed by atoms with Crippen molar-refractivity contribution in [2.45, 2.75) is 6.92 Å². The first-order valence-electron chi connectivity index (χ1n) is 7.63. The smallest absolute Gasteiger partial charge is 0.161 e. The van der Waals surface area contributed by atoms with Crippen molar-refractivity contribution in [1.29, 1.82) is 0 Å². The van der Waals surface area contributed by atoms with Crippen LogP contribution in [0.5, 0.6) is 0 Å². The number of halogens is 2. The van der Waals surface area contributed by atoms with Gasteiger partial charge >= 0.3 is 0 Å². The summed E-state index contributed by atoms with van der Waals surface area (Å²) in [5.74, 6) is -0.683. The number of nitrogens with zero attached hydrogens (tertiary/aromatic N) is 1. The Kier molecular flexibility index (Phi) is 3.38. The van der Waals surface area contributed by atoms with Gasteiger partial charge in [0.25, 0.3) is 0 Å². The second-order valence-corrected chi connectivity index (χ2v) is 5.71. The maximum absolute atomic E-state index is 14.7. The van der Waals surface area contributed by atoms with Crippen LogP contribution in [-0.2, 0) is 0 Å². The highest BCUT2D eigenvalue weighted by Crippen LogP contribution is 2.32. The van der Waals surface area contributed by atoms with Crippen molar-refractivity contribution in [2.75, 3.05) is 0 Å². The summed E-state index contributed by atoms with van der Waals surface area (Å²) in [4.78, 5) is 6.97. The Labute approximate surface area is 137 Å². The van der Waals surface area contributed by atoms with E-state index < -0.39 is 11.6 Å².